The summed E-state index contributed by atoms with van der Waals surface area (Å²) in [7, 11) is -8.72. The van der Waals surface area contributed by atoms with E-state index in [-0.39, 0.29) is 57.6 Å². The second kappa shape index (κ2) is 9.55. The van der Waals surface area contributed by atoms with Crippen LogP contribution in [0.2, 0.25) is 10.0 Å². The van der Waals surface area contributed by atoms with Gasteiger partial charge in [0.1, 0.15) is 20.2 Å². The van der Waals surface area contributed by atoms with Crippen LogP contribution >= 0.6 is 23.2 Å². The molecule has 23 heavy (non-hydrogen) atoms. The zero-order valence-electron chi connectivity index (χ0n) is 11.3. The fourth-order valence-corrected chi connectivity index (χ4v) is 2.79. The van der Waals surface area contributed by atoms with E-state index in [1.165, 1.54) is 36.4 Å². The first-order chi connectivity index (χ1) is 10.00. The Morgan fingerprint density at radius 3 is 1.17 bits per heavy atom. The molecule has 0 radical (unpaired) electrons. The van der Waals surface area contributed by atoms with Crippen LogP contribution in [0.25, 0.3) is 0 Å². The SMILES string of the molecule is O=S(=O)([O-])c1cccc(Cl)c1.O=S(=O)([O-])c1cccc(Cl)c1.[Ca+2]. The molecule has 2 aromatic rings. The van der Waals surface area contributed by atoms with Crippen molar-refractivity contribution in [3.63, 3.8) is 0 Å². The Hall–Kier alpha value is 0.0997. The molecule has 0 amide bonds. The van der Waals surface area contributed by atoms with Crippen LogP contribution in [0.3, 0.4) is 0 Å². The van der Waals surface area contributed by atoms with Gasteiger partial charge < -0.3 is 9.11 Å². The van der Waals surface area contributed by atoms with Gasteiger partial charge >= 0.3 is 37.7 Å². The van der Waals surface area contributed by atoms with Crippen molar-refractivity contribution in [2.45, 2.75) is 9.79 Å². The average Bonchev–Trinajstić information content (AvgIpc) is 2.37. The number of halogens is 2. The van der Waals surface area contributed by atoms with Crippen LogP contribution < -0.4 is 0 Å². The molecule has 2 rings (SSSR count). The first kappa shape index (κ1) is 23.1. The van der Waals surface area contributed by atoms with Gasteiger partial charge in [0.25, 0.3) is 0 Å². The maximum atomic E-state index is 10.4. The van der Waals surface area contributed by atoms with Crippen LogP contribution in [0.5, 0.6) is 0 Å². The first-order valence-corrected chi connectivity index (χ1v) is 9.00. The maximum Gasteiger partial charge on any atom is 2.00 e. The Bertz CT molecular complexity index is 795. The van der Waals surface area contributed by atoms with Crippen LogP contribution in [0.4, 0.5) is 0 Å². The van der Waals surface area contributed by atoms with Gasteiger partial charge in [-0.25, -0.2) is 16.8 Å². The normalized spacial score (nSPS) is 11.0. The van der Waals surface area contributed by atoms with Gasteiger partial charge in [0.05, 0.1) is 9.79 Å². The third-order valence-corrected chi connectivity index (χ3v) is 4.30. The zero-order valence-corrected chi connectivity index (χ0v) is 16.7. The molecule has 0 aliphatic heterocycles. The van der Waals surface area contributed by atoms with Gasteiger partial charge in [0.15, 0.2) is 0 Å². The third kappa shape index (κ3) is 8.66. The summed E-state index contributed by atoms with van der Waals surface area (Å²) in [6.07, 6.45) is 0. The molecular weight excluding hydrogens is 415 g/mol. The molecule has 0 spiro atoms. The molecule has 0 saturated carbocycles. The zero-order chi connectivity index (χ0) is 17.0. The predicted octanol–water partition coefficient (Wildman–Crippen LogP) is 2.11. The molecule has 0 fully saturated rings. The van der Waals surface area contributed by atoms with Crippen molar-refractivity contribution in [2.75, 3.05) is 0 Å². The minimum absolute atomic E-state index is 0. The predicted molar refractivity (Wildman–Crippen MR) is 84.6 cm³/mol. The number of benzene rings is 2. The topological polar surface area (TPSA) is 114 Å². The summed E-state index contributed by atoms with van der Waals surface area (Å²) in [5, 5.41) is 0.476. The molecule has 0 heterocycles. The van der Waals surface area contributed by atoms with E-state index in [0.717, 1.165) is 12.1 Å². The smallest absolute Gasteiger partial charge is 0.744 e. The first-order valence-electron chi connectivity index (χ1n) is 5.43. The van der Waals surface area contributed by atoms with E-state index in [1.807, 2.05) is 0 Å². The summed E-state index contributed by atoms with van der Waals surface area (Å²) in [6, 6.07) is 10.4. The van der Waals surface area contributed by atoms with E-state index in [0.29, 0.717) is 0 Å². The molecule has 0 aromatic heterocycles. The van der Waals surface area contributed by atoms with Gasteiger partial charge in [-0.2, -0.15) is 0 Å². The third-order valence-electron chi connectivity index (χ3n) is 2.17. The summed E-state index contributed by atoms with van der Waals surface area (Å²) in [6.45, 7) is 0. The van der Waals surface area contributed by atoms with Crippen molar-refractivity contribution in [1.29, 1.82) is 0 Å². The fraction of sp³-hybridized carbons (Fsp3) is 0. The molecule has 2 aromatic carbocycles. The van der Waals surface area contributed by atoms with Gasteiger partial charge in [-0.1, -0.05) is 35.3 Å². The molecule has 0 atom stereocenters. The Balaban J connectivity index is 0.000000403. The molecule has 6 nitrogen and oxygen atoms in total. The van der Waals surface area contributed by atoms with E-state index >= 15 is 0 Å². The number of rotatable bonds is 2. The van der Waals surface area contributed by atoms with Crippen LogP contribution in [-0.4, -0.2) is 63.7 Å². The monoisotopic (exact) mass is 422 g/mol. The molecular formula is C12H8CaCl2O6S2. The summed E-state index contributed by atoms with van der Waals surface area (Å²) in [5.74, 6) is 0. The van der Waals surface area contributed by atoms with Gasteiger partial charge in [0.2, 0.25) is 0 Å². The molecule has 0 N–H and O–H groups in total. The van der Waals surface area contributed by atoms with Crippen LogP contribution in [0.1, 0.15) is 0 Å². The molecule has 0 aliphatic rings. The van der Waals surface area contributed by atoms with E-state index in [4.69, 9.17) is 23.2 Å². The minimum atomic E-state index is -4.36. The van der Waals surface area contributed by atoms with Gasteiger partial charge in [-0.3, -0.25) is 0 Å². The minimum Gasteiger partial charge on any atom is -0.744 e. The second-order valence-corrected chi connectivity index (χ2v) is 7.46. The quantitative estimate of drug-likeness (QED) is 0.540. The molecule has 0 bridgehead atoms. The Kier molecular flexibility index (Phi) is 9.59. The van der Waals surface area contributed by atoms with Crippen molar-refractivity contribution >= 4 is 81.2 Å². The van der Waals surface area contributed by atoms with E-state index < -0.39 is 20.2 Å². The van der Waals surface area contributed by atoms with Crippen molar-refractivity contribution in [1.82, 2.24) is 0 Å². The average molecular weight is 423 g/mol. The summed E-state index contributed by atoms with van der Waals surface area (Å²) in [5.41, 5.74) is 0. The second-order valence-electron chi connectivity index (χ2n) is 3.82. The number of hydrogen-bond donors (Lipinski definition) is 0. The molecule has 0 aliphatic carbocycles. The molecule has 11 heteroatoms. The van der Waals surface area contributed by atoms with Crippen molar-refractivity contribution < 1.29 is 25.9 Å². The summed E-state index contributed by atoms with van der Waals surface area (Å²) < 4.78 is 62.2. The van der Waals surface area contributed by atoms with Gasteiger partial charge in [-0.05, 0) is 36.4 Å². The molecule has 0 saturated heterocycles. The Morgan fingerprint density at radius 2 is 1.00 bits per heavy atom. The number of hydrogen-bond acceptors (Lipinski definition) is 6. The van der Waals surface area contributed by atoms with Crippen molar-refractivity contribution in [3.8, 4) is 0 Å². The van der Waals surface area contributed by atoms with Crippen LogP contribution in [0.15, 0.2) is 58.3 Å². The standard InChI is InChI=1S/2C6H5ClO3S.Ca/c2*7-5-2-1-3-6(4-5)11(8,9)10;/h2*1-4H,(H,8,9,10);/q;;+2/p-2. The van der Waals surface area contributed by atoms with Crippen molar-refractivity contribution in [2.24, 2.45) is 0 Å². The van der Waals surface area contributed by atoms with E-state index in [1.54, 1.807) is 0 Å². The largest absolute Gasteiger partial charge is 2.00 e. The van der Waals surface area contributed by atoms with E-state index in [9.17, 15) is 25.9 Å². The van der Waals surface area contributed by atoms with E-state index in [2.05, 4.69) is 0 Å². The van der Waals surface area contributed by atoms with Gasteiger partial charge in [0, 0.05) is 10.0 Å². The fourth-order valence-electron chi connectivity index (χ4n) is 1.25. The Labute approximate surface area is 173 Å². The Morgan fingerprint density at radius 1 is 0.696 bits per heavy atom. The van der Waals surface area contributed by atoms with Gasteiger partial charge in [-0.15, -0.1) is 0 Å². The maximum absolute atomic E-state index is 10.4. The van der Waals surface area contributed by atoms with Crippen molar-refractivity contribution in [3.05, 3.63) is 58.6 Å². The molecule has 0 unspecified atom stereocenters. The van der Waals surface area contributed by atoms with Crippen LogP contribution in [0, 0.1) is 0 Å². The summed E-state index contributed by atoms with van der Waals surface area (Å²) in [4.78, 5) is -0.602. The molecule has 120 valence electrons. The summed E-state index contributed by atoms with van der Waals surface area (Å²) >= 11 is 10.9. The van der Waals surface area contributed by atoms with Crippen LogP contribution in [-0.2, 0) is 20.2 Å².